The number of hydrogen-bond donors (Lipinski definition) is 3. The lowest BCUT2D eigenvalue weighted by molar-refractivity contribution is 0.286. The summed E-state index contributed by atoms with van der Waals surface area (Å²) >= 11 is 1.27. The van der Waals surface area contributed by atoms with Crippen LogP contribution in [0.1, 0.15) is 4.88 Å². The van der Waals surface area contributed by atoms with Crippen LogP contribution in [-0.2, 0) is 16.6 Å². The second kappa shape index (κ2) is 8.10. The molecule has 2 heterocycles. The van der Waals surface area contributed by atoms with Crippen LogP contribution in [0, 0.1) is 0 Å². The second-order valence-corrected chi connectivity index (χ2v) is 8.23. The number of pyridine rings is 1. The van der Waals surface area contributed by atoms with Crippen LogP contribution in [0.2, 0.25) is 0 Å². The fraction of sp³-hybridized carbons (Fsp3) is 0.176. The monoisotopic (exact) mass is 422 g/mol. The molecule has 0 spiro atoms. The zero-order valence-corrected chi connectivity index (χ0v) is 16.7. The van der Waals surface area contributed by atoms with Gasteiger partial charge in [0.05, 0.1) is 36.3 Å². The Kier molecular flexibility index (Phi) is 5.79. The van der Waals surface area contributed by atoms with Crippen LogP contribution in [-0.4, -0.2) is 37.7 Å². The highest BCUT2D eigenvalue weighted by Gasteiger charge is 2.16. The van der Waals surface area contributed by atoms with Crippen molar-refractivity contribution in [2.24, 2.45) is 5.14 Å². The van der Waals surface area contributed by atoms with Crippen molar-refractivity contribution >= 4 is 32.2 Å². The van der Waals surface area contributed by atoms with E-state index in [2.05, 4.69) is 15.3 Å². The third-order valence-corrected chi connectivity index (χ3v) is 5.63. The normalized spacial score (nSPS) is 11.3. The molecule has 148 valence electrons. The number of benzene rings is 1. The molecule has 1 aromatic carbocycles. The van der Waals surface area contributed by atoms with E-state index in [4.69, 9.17) is 14.6 Å². The molecule has 0 atom stereocenters. The Hall–Kier alpha value is -2.73. The molecule has 9 nitrogen and oxygen atoms in total. The Bertz CT molecular complexity index is 1060. The number of aliphatic hydroxyl groups excluding tert-OH is 1. The van der Waals surface area contributed by atoms with Gasteiger partial charge in [-0.1, -0.05) is 11.3 Å². The molecule has 0 aliphatic heterocycles. The van der Waals surface area contributed by atoms with E-state index in [1.54, 1.807) is 24.3 Å². The molecule has 0 fully saturated rings. The number of methoxy groups -OCH3 is 2. The smallest absolute Gasteiger partial charge is 0.238 e. The van der Waals surface area contributed by atoms with Gasteiger partial charge in [0.25, 0.3) is 0 Å². The number of hydrogen-bond acceptors (Lipinski definition) is 9. The molecule has 0 saturated carbocycles. The third kappa shape index (κ3) is 4.39. The van der Waals surface area contributed by atoms with E-state index in [1.165, 1.54) is 37.7 Å². The van der Waals surface area contributed by atoms with Crippen molar-refractivity contribution in [2.75, 3.05) is 19.5 Å². The predicted molar refractivity (Wildman–Crippen MR) is 105 cm³/mol. The number of nitrogens with zero attached hydrogens (tertiary/aromatic N) is 2. The van der Waals surface area contributed by atoms with Crippen molar-refractivity contribution in [1.82, 2.24) is 9.97 Å². The molecule has 0 aliphatic rings. The molecular weight excluding hydrogens is 404 g/mol. The van der Waals surface area contributed by atoms with Crippen LogP contribution in [0.5, 0.6) is 11.8 Å². The number of ether oxygens (including phenoxy) is 2. The molecule has 2 aromatic heterocycles. The lowest BCUT2D eigenvalue weighted by Gasteiger charge is -2.06. The third-order valence-electron chi connectivity index (χ3n) is 3.75. The van der Waals surface area contributed by atoms with Gasteiger partial charge in [0.2, 0.25) is 21.8 Å². The van der Waals surface area contributed by atoms with Gasteiger partial charge in [-0.25, -0.2) is 18.5 Å². The van der Waals surface area contributed by atoms with Gasteiger partial charge in [-0.15, -0.1) is 0 Å². The van der Waals surface area contributed by atoms with Crippen molar-refractivity contribution in [3.63, 3.8) is 0 Å². The van der Waals surface area contributed by atoms with Crippen LogP contribution in [0.25, 0.3) is 11.3 Å². The molecule has 0 amide bonds. The average molecular weight is 422 g/mol. The number of aromatic nitrogens is 2. The minimum absolute atomic E-state index is 0.0184. The van der Waals surface area contributed by atoms with Crippen LogP contribution < -0.4 is 19.9 Å². The average Bonchev–Trinajstić information content (AvgIpc) is 3.10. The highest BCUT2D eigenvalue weighted by Crippen LogP contribution is 2.35. The van der Waals surface area contributed by atoms with E-state index in [0.29, 0.717) is 38.7 Å². The number of aliphatic hydroxyl groups is 1. The Morgan fingerprint density at radius 2 is 1.71 bits per heavy atom. The fourth-order valence-corrected chi connectivity index (χ4v) is 3.80. The van der Waals surface area contributed by atoms with E-state index in [1.807, 2.05) is 0 Å². The molecule has 11 heteroatoms. The van der Waals surface area contributed by atoms with Gasteiger partial charge in [0.15, 0.2) is 5.13 Å². The Morgan fingerprint density at radius 1 is 1.11 bits per heavy atom. The minimum atomic E-state index is -3.75. The van der Waals surface area contributed by atoms with Gasteiger partial charge in [0, 0.05) is 23.4 Å². The van der Waals surface area contributed by atoms with Crippen LogP contribution in [0.4, 0.5) is 10.8 Å². The molecular formula is C17H18N4O5S2. The van der Waals surface area contributed by atoms with Crippen molar-refractivity contribution in [1.29, 1.82) is 0 Å². The minimum Gasteiger partial charge on any atom is -0.481 e. The van der Waals surface area contributed by atoms with E-state index in [-0.39, 0.29) is 11.5 Å². The van der Waals surface area contributed by atoms with Gasteiger partial charge in [-0.05, 0) is 24.3 Å². The molecule has 0 saturated heterocycles. The lowest BCUT2D eigenvalue weighted by atomic mass is 10.2. The number of sulfonamides is 1. The first-order chi connectivity index (χ1) is 13.3. The highest BCUT2D eigenvalue weighted by atomic mass is 32.2. The number of anilines is 2. The quantitative estimate of drug-likeness (QED) is 0.526. The maximum absolute atomic E-state index is 11.3. The molecule has 28 heavy (non-hydrogen) atoms. The van der Waals surface area contributed by atoms with Gasteiger partial charge < -0.3 is 19.9 Å². The predicted octanol–water partition coefficient (Wildman–Crippen LogP) is 2.11. The van der Waals surface area contributed by atoms with Gasteiger partial charge in [-0.2, -0.15) is 4.98 Å². The van der Waals surface area contributed by atoms with Gasteiger partial charge in [-0.3, -0.25) is 0 Å². The molecule has 0 bridgehead atoms. The first-order valence-corrected chi connectivity index (χ1v) is 10.3. The summed E-state index contributed by atoms with van der Waals surface area (Å²) < 4.78 is 33.1. The molecule has 3 rings (SSSR count). The molecule has 0 aliphatic carbocycles. The Balaban J connectivity index is 1.93. The number of rotatable bonds is 7. The molecule has 3 aromatic rings. The topological polar surface area (TPSA) is 137 Å². The summed E-state index contributed by atoms with van der Waals surface area (Å²) in [7, 11) is -0.756. The summed E-state index contributed by atoms with van der Waals surface area (Å²) in [5.74, 6) is 0.721. The fourth-order valence-electron chi connectivity index (χ4n) is 2.42. The number of nitrogens with two attached hydrogens (primary N) is 1. The van der Waals surface area contributed by atoms with Crippen molar-refractivity contribution in [3.05, 3.63) is 41.3 Å². The van der Waals surface area contributed by atoms with E-state index >= 15 is 0 Å². The summed E-state index contributed by atoms with van der Waals surface area (Å²) in [6, 6.07) is 9.36. The summed E-state index contributed by atoms with van der Waals surface area (Å²) in [5.41, 5.74) is 1.87. The van der Waals surface area contributed by atoms with Crippen molar-refractivity contribution < 1.29 is 23.0 Å². The maximum atomic E-state index is 11.3. The largest absolute Gasteiger partial charge is 0.481 e. The Morgan fingerprint density at radius 3 is 2.21 bits per heavy atom. The zero-order valence-electron chi connectivity index (χ0n) is 15.0. The first-order valence-electron chi connectivity index (χ1n) is 7.95. The standard InChI is InChI=1S/C17H18N4O5S2/c1-25-14-7-10(8-15(20-14)26-2)16-13(9-22)27-17(21-16)19-11-3-5-12(6-4-11)28(18,23)24/h3-8,22H,9H2,1-2H3,(H,19,21)(H2,18,23,24). The summed E-state index contributed by atoms with van der Waals surface area (Å²) in [6.45, 7) is -0.202. The summed E-state index contributed by atoms with van der Waals surface area (Å²) in [4.78, 5) is 9.34. The Labute approximate surface area is 165 Å². The van der Waals surface area contributed by atoms with E-state index < -0.39 is 10.0 Å². The second-order valence-electron chi connectivity index (χ2n) is 5.58. The molecule has 0 radical (unpaired) electrons. The number of nitrogens with one attached hydrogen (secondary N) is 1. The summed E-state index contributed by atoms with van der Waals surface area (Å²) in [5, 5.41) is 18.4. The number of thiazole rings is 1. The molecule has 0 unspecified atom stereocenters. The van der Waals surface area contributed by atoms with Gasteiger partial charge >= 0.3 is 0 Å². The first kappa shape index (κ1) is 20.0. The SMILES string of the molecule is COc1cc(-c2nc(Nc3ccc(S(N)(=O)=O)cc3)sc2CO)cc(OC)n1. The van der Waals surface area contributed by atoms with Crippen LogP contribution >= 0.6 is 11.3 Å². The van der Waals surface area contributed by atoms with Crippen LogP contribution in [0.3, 0.4) is 0 Å². The lowest BCUT2D eigenvalue weighted by Crippen LogP contribution is -2.11. The zero-order chi connectivity index (χ0) is 20.3. The van der Waals surface area contributed by atoms with Crippen LogP contribution in [0.15, 0.2) is 41.3 Å². The number of primary sulfonamides is 1. The highest BCUT2D eigenvalue weighted by molar-refractivity contribution is 7.89. The maximum Gasteiger partial charge on any atom is 0.238 e. The van der Waals surface area contributed by atoms with E-state index in [0.717, 1.165) is 0 Å². The van der Waals surface area contributed by atoms with Crippen molar-refractivity contribution in [2.45, 2.75) is 11.5 Å². The van der Waals surface area contributed by atoms with Crippen molar-refractivity contribution in [3.8, 4) is 23.0 Å². The van der Waals surface area contributed by atoms with Gasteiger partial charge in [0.1, 0.15) is 0 Å². The van der Waals surface area contributed by atoms with E-state index in [9.17, 15) is 13.5 Å². The molecule has 4 N–H and O–H groups in total. The summed E-state index contributed by atoms with van der Waals surface area (Å²) in [6.07, 6.45) is 0.